The maximum absolute atomic E-state index is 13.8. The van der Waals surface area contributed by atoms with Gasteiger partial charge in [0.1, 0.15) is 12.6 Å². The first-order chi connectivity index (χ1) is 17.5. The number of nitrogens with zero attached hydrogens (tertiary/aromatic N) is 2. The van der Waals surface area contributed by atoms with Crippen molar-refractivity contribution < 1.29 is 18.0 Å². The quantitative estimate of drug-likeness (QED) is 0.331. The van der Waals surface area contributed by atoms with E-state index in [9.17, 15) is 18.0 Å². The SMILES string of the molecule is CC[C@H](C(=O)NC1CCCCC1)N(Cc1c(Cl)cccc1Cl)C(=O)CN(c1ccc(I)cc1)S(C)(=O)=O. The van der Waals surface area contributed by atoms with Crippen molar-refractivity contribution in [1.29, 1.82) is 0 Å². The minimum absolute atomic E-state index is 0.0295. The summed E-state index contributed by atoms with van der Waals surface area (Å²) in [6, 6.07) is 11.1. The Bertz CT molecular complexity index is 1180. The fourth-order valence-corrected chi connectivity index (χ4v) is 6.26. The number of carbonyl (C=O) groups is 2. The molecule has 202 valence electrons. The lowest BCUT2D eigenvalue weighted by atomic mass is 9.95. The molecule has 1 aliphatic rings. The van der Waals surface area contributed by atoms with Crippen molar-refractivity contribution in [2.24, 2.45) is 0 Å². The van der Waals surface area contributed by atoms with Gasteiger partial charge in [-0.1, -0.05) is 55.5 Å². The van der Waals surface area contributed by atoms with E-state index in [4.69, 9.17) is 23.2 Å². The van der Waals surface area contributed by atoms with Gasteiger partial charge >= 0.3 is 0 Å². The second-order valence-electron chi connectivity index (χ2n) is 9.24. The lowest BCUT2D eigenvalue weighted by Gasteiger charge is -2.34. The van der Waals surface area contributed by atoms with Gasteiger partial charge in [-0.05, 0) is 78.3 Å². The highest BCUT2D eigenvalue weighted by Gasteiger charge is 2.33. The lowest BCUT2D eigenvalue weighted by molar-refractivity contribution is -0.140. The maximum atomic E-state index is 13.8. The van der Waals surface area contributed by atoms with Gasteiger partial charge in [0.05, 0.1) is 11.9 Å². The third-order valence-electron chi connectivity index (χ3n) is 6.52. The number of hydrogen-bond donors (Lipinski definition) is 1. The van der Waals surface area contributed by atoms with Crippen molar-refractivity contribution in [3.63, 3.8) is 0 Å². The van der Waals surface area contributed by atoms with Crippen molar-refractivity contribution in [3.8, 4) is 0 Å². The Morgan fingerprint density at radius 2 is 1.65 bits per heavy atom. The van der Waals surface area contributed by atoms with E-state index in [1.807, 2.05) is 6.92 Å². The molecule has 7 nitrogen and oxygen atoms in total. The lowest BCUT2D eigenvalue weighted by Crippen LogP contribution is -2.54. The molecule has 1 N–H and O–H groups in total. The standard InChI is InChI=1S/C26H32Cl2IN3O4S/c1-3-24(26(34)30-19-8-5-4-6-9-19)31(16-21-22(27)10-7-11-23(21)28)25(33)17-32(37(2,35)36)20-14-12-18(29)13-15-20/h7,10-15,19,24H,3-6,8-9,16-17H2,1-2H3,(H,30,34)/t24-/m1/s1. The highest BCUT2D eigenvalue weighted by Crippen LogP contribution is 2.28. The van der Waals surface area contributed by atoms with Gasteiger partial charge in [-0.15, -0.1) is 0 Å². The van der Waals surface area contributed by atoms with E-state index in [2.05, 4.69) is 27.9 Å². The van der Waals surface area contributed by atoms with Gasteiger partial charge in [0.2, 0.25) is 21.8 Å². The minimum Gasteiger partial charge on any atom is -0.352 e. The van der Waals surface area contributed by atoms with Crippen LogP contribution in [0.1, 0.15) is 51.0 Å². The molecule has 37 heavy (non-hydrogen) atoms. The normalized spacial score (nSPS) is 15.2. The van der Waals surface area contributed by atoms with Crippen LogP contribution in [0.25, 0.3) is 0 Å². The molecule has 1 fully saturated rings. The highest BCUT2D eigenvalue weighted by molar-refractivity contribution is 14.1. The summed E-state index contributed by atoms with van der Waals surface area (Å²) in [5.41, 5.74) is 0.870. The third kappa shape index (κ3) is 8.21. The average Bonchev–Trinajstić information content (AvgIpc) is 2.84. The van der Waals surface area contributed by atoms with Crippen LogP contribution in [0.3, 0.4) is 0 Å². The zero-order chi connectivity index (χ0) is 27.2. The largest absolute Gasteiger partial charge is 0.352 e. The molecule has 0 heterocycles. The summed E-state index contributed by atoms with van der Waals surface area (Å²) >= 11 is 15.0. The van der Waals surface area contributed by atoms with Crippen LogP contribution in [0.15, 0.2) is 42.5 Å². The Balaban J connectivity index is 1.95. The molecule has 11 heteroatoms. The summed E-state index contributed by atoms with van der Waals surface area (Å²) in [6.07, 6.45) is 6.47. The first-order valence-electron chi connectivity index (χ1n) is 12.3. The number of hydrogen-bond acceptors (Lipinski definition) is 4. The van der Waals surface area contributed by atoms with Crippen molar-refractivity contribution in [2.45, 2.75) is 64.1 Å². The molecule has 2 aromatic rings. The van der Waals surface area contributed by atoms with E-state index in [1.165, 1.54) is 4.90 Å². The molecule has 0 aliphatic heterocycles. The van der Waals surface area contributed by atoms with Gasteiger partial charge in [-0.2, -0.15) is 0 Å². The van der Waals surface area contributed by atoms with E-state index in [1.54, 1.807) is 42.5 Å². The number of rotatable bonds is 10. The number of sulfonamides is 1. The van der Waals surface area contributed by atoms with Gasteiger partial charge in [-0.3, -0.25) is 13.9 Å². The predicted octanol–water partition coefficient (Wildman–Crippen LogP) is 5.62. The summed E-state index contributed by atoms with van der Waals surface area (Å²) in [7, 11) is -3.79. The molecule has 0 bridgehead atoms. The number of anilines is 1. The molecule has 0 radical (unpaired) electrons. The molecule has 1 saturated carbocycles. The summed E-state index contributed by atoms with van der Waals surface area (Å²) in [5.74, 6) is -0.781. The van der Waals surface area contributed by atoms with E-state index in [0.29, 0.717) is 27.7 Å². The zero-order valence-corrected chi connectivity index (χ0v) is 25.4. The summed E-state index contributed by atoms with van der Waals surface area (Å²) in [5, 5.41) is 3.84. The van der Waals surface area contributed by atoms with Crippen LogP contribution in [-0.2, 0) is 26.2 Å². The van der Waals surface area contributed by atoms with Gasteiger partial charge in [0, 0.05) is 31.8 Å². The third-order valence-corrected chi connectivity index (χ3v) is 9.09. The first-order valence-corrected chi connectivity index (χ1v) is 16.0. The van der Waals surface area contributed by atoms with Crippen molar-refractivity contribution in [3.05, 3.63) is 61.6 Å². The van der Waals surface area contributed by atoms with Gasteiger partial charge in [-0.25, -0.2) is 8.42 Å². The van der Waals surface area contributed by atoms with E-state index < -0.39 is 28.5 Å². The van der Waals surface area contributed by atoms with E-state index >= 15 is 0 Å². The Kier molecular flexibility index (Phi) is 10.9. The Labute approximate surface area is 243 Å². The van der Waals surface area contributed by atoms with Crippen LogP contribution in [0, 0.1) is 3.57 Å². The monoisotopic (exact) mass is 679 g/mol. The molecule has 2 aromatic carbocycles. The van der Waals surface area contributed by atoms with Crippen molar-refractivity contribution in [2.75, 3.05) is 17.1 Å². The van der Waals surface area contributed by atoms with Gasteiger partial charge in [0.15, 0.2) is 0 Å². The summed E-state index contributed by atoms with van der Waals surface area (Å²) in [6.45, 7) is 1.33. The molecular weight excluding hydrogens is 648 g/mol. The average molecular weight is 680 g/mol. The summed E-state index contributed by atoms with van der Waals surface area (Å²) < 4.78 is 27.4. The number of benzene rings is 2. The molecule has 0 aromatic heterocycles. The van der Waals surface area contributed by atoms with E-state index in [-0.39, 0.29) is 18.5 Å². The minimum atomic E-state index is -3.79. The van der Waals surface area contributed by atoms with Gasteiger partial charge < -0.3 is 10.2 Å². The van der Waals surface area contributed by atoms with Crippen LogP contribution < -0.4 is 9.62 Å². The Hall–Kier alpha value is -1.56. The van der Waals surface area contributed by atoms with Crippen LogP contribution in [-0.4, -0.2) is 50.0 Å². The highest BCUT2D eigenvalue weighted by atomic mass is 127. The van der Waals surface area contributed by atoms with Crippen LogP contribution >= 0.6 is 45.8 Å². The summed E-state index contributed by atoms with van der Waals surface area (Å²) in [4.78, 5) is 28.7. The first kappa shape index (κ1) is 30.0. The second-order valence-corrected chi connectivity index (χ2v) is 13.2. The van der Waals surface area contributed by atoms with Crippen LogP contribution in [0.5, 0.6) is 0 Å². The molecule has 1 atom stereocenters. The number of halogens is 3. The Morgan fingerprint density at radius 3 is 2.19 bits per heavy atom. The molecule has 0 unspecified atom stereocenters. The van der Waals surface area contributed by atoms with Crippen LogP contribution in [0.2, 0.25) is 10.0 Å². The number of carbonyl (C=O) groups excluding carboxylic acids is 2. The van der Waals surface area contributed by atoms with Gasteiger partial charge in [0.25, 0.3) is 0 Å². The molecule has 2 amide bonds. The molecule has 3 rings (SSSR count). The topological polar surface area (TPSA) is 86.8 Å². The Morgan fingerprint density at radius 1 is 1.05 bits per heavy atom. The number of amides is 2. The van der Waals surface area contributed by atoms with E-state index in [0.717, 1.165) is 46.2 Å². The second kappa shape index (κ2) is 13.5. The number of nitrogens with one attached hydrogen (secondary N) is 1. The maximum Gasteiger partial charge on any atom is 0.244 e. The molecule has 0 spiro atoms. The van der Waals surface area contributed by atoms with Crippen molar-refractivity contribution >= 4 is 73.3 Å². The fourth-order valence-electron chi connectivity index (χ4n) is 4.54. The zero-order valence-electron chi connectivity index (χ0n) is 20.9. The fraction of sp³-hybridized carbons (Fsp3) is 0.462. The smallest absolute Gasteiger partial charge is 0.244 e. The van der Waals surface area contributed by atoms with Crippen molar-refractivity contribution in [1.82, 2.24) is 10.2 Å². The predicted molar refractivity (Wildman–Crippen MR) is 157 cm³/mol. The molecular formula is C26H32Cl2IN3O4S. The molecule has 1 aliphatic carbocycles. The van der Waals surface area contributed by atoms with Crippen LogP contribution in [0.4, 0.5) is 5.69 Å². The molecule has 0 saturated heterocycles.